The van der Waals surface area contributed by atoms with E-state index in [4.69, 9.17) is 22.9 Å². The smallest absolute Gasteiger partial charge is 0.246 e. The van der Waals surface area contributed by atoms with Crippen LogP contribution in [0.3, 0.4) is 0 Å². The van der Waals surface area contributed by atoms with Gasteiger partial charge in [-0.3, -0.25) is 53.1 Å². The van der Waals surface area contributed by atoms with E-state index in [1.54, 1.807) is 36.5 Å². The van der Waals surface area contributed by atoms with Crippen LogP contribution in [0.1, 0.15) is 95.6 Å². The number of carbonyl (C=O) groups excluding carboxylic acids is 9. The average Bonchev–Trinajstić information content (AvgIpc) is 4.22. The minimum atomic E-state index is -1.31. The van der Waals surface area contributed by atoms with Crippen molar-refractivity contribution in [3.8, 4) is 0 Å². The number of aromatic amines is 1. The number of hydrogen-bond donors (Lipinski definition) is 12. The summed E-state index contributed by atoms with van der Waals surface area (Å²) in [7, 11) is 0. The average molecular weight is 1080 g/mol. The molecule has 0 aliphatic carbocycles. The Morgan fingerprint density at radius 3 is 1.99 bits per heavy atom. The topological polar surface area (TPSA) is 389 Å². The van der Waals surface area contributed by atoms with Crippen LogP contribution in [0.4, 0.5) is 0 Å². The molecule has 0 bridgehead atoms. The van der Waals surface area contributed by atoms with Crippen LogP contribution in [-0.2, 0) is 56.0 Å². The van der Waals surface area contributed by atoms with Crippen LogP contribution in [0, 0.1) is 0 Å². The summed E-state index contributed by atoms with van der Waals surface area (Å²) in [6.07, 6.45) is 4.71. The van der Waals surface area contributed by atoms with Crippen molar-refractivity contribution >= 4 is 76.0 Å². The second-order valence-electron chi connectivity index (χ2n) is 20.0. The zero-order valence-electron chi connectivity index (χ0n) is 44.4. The van der Waals surface area contributed by atoms with E-state index in [9.17, 15) is 43.2 Å². The summed E-state index contributed by atoms with van der Waals surface area (Å²) in [6, 6.07) is 7.27. The Morgan fingerprint density at radius 1 is 0.679 bits per heavy atom. The molecule has 8 atom stereocenters. The Bertz CT molecular complexity index is 2670. The molecule has 3 aliphatic heterocycles. The van der Waals surface area contributed by atoms with Gasteiger partial charge in [-0.2, -0.15) is 0 Å². The molecule has 0 saturated carbocycles. The van der Waals surface area contributed by atoms with Gasteiger partial charge in [0.1, 0.15) is 48.3 Å². The maximum atomic E-state index is 14.9. The van der Waals surface area contributed by atoms with Crippen molar-refractivity contribution in [1.82, 2.24) is 52.0 Å². The van der Waals surface area contributed by atoms with Crippen LogP contribution in [0.2, 0.25) is 0 Å². The summed E-state index contributed by atoms with van der Waals surface area (Å²) in [5.41, 5.74) is 24.2. The molecular formula is C53H76N16O9. The highest BCUT2D eigenvalue weighted by Gasteiger charge is 2.41. The monoisotopic (exact) mass is 1080 g/mol. The van der Waals surface area contributed by atoms with Crippen molar-refractivity contribution in [2.75, 3.05) is 32.7 Å². The third-order valence-electron chi connectivity index (χ3n) is 14.1. The first kappa shape index (κ1) is 59.0. The van der Waals surface area contributed by atoms with Crippen LogP contribution in [0.25, 0.3) is 10.9 Å². The van der Waals surface area contributed by atoms with Gasteiger partial charge in [0.2, 0.25) is 53.2 Å². The number of H-pyrrole nitrogens is 1. The van der Waals surface area contributed by atoms with Gasteiger partial charge in [-0.05, 0) is 94.7 Å². The summed E-state index contributed by atoms with van der Waals surface area (Å²) >= 11 is 0. The third kappa shape index (κ3) is 16.9. The van der Waals surface area contributed by atoms with E-state index in [1.165, 1.54) is 23.6 Å². The molecule has 9 amide bonds. The van der Waals surface area contributed by atoms with Gasteiger partial charge in [-0.15, -0.1) is 0 Å². The zero-order chi connectivity index (χ0) is 56.3. The first-order valence-electron chi connectivity index (χ1n) is 26.8. The summed E-state index contributed by atoms with van der Waals surface area (Å²) < 4.78 is 0. The minimum Gasteiger partial charge on any atom is -0.370 e. The number of carbonyl (C=O) groups is 9. The molecule has 422 valence electrons. The molecule has 3 fully saturated rings. The third-order valence-corrected chi connectivity index (χ3v) is 14.1. The number of nitrogens with two attached hydrogens (primary N) is 4. The van der Waals surface area contributed by atoms with Crippen molar-refractivity contribution in [2.24, 2.45) is 32.9 Å². The molecule has 3 aliphatic rings. The second-order valence-corrected chi connectivity index (χ2v) is 20.0. The SMILES string of the molecule is CC(=O)N[C@@H](CCCN=C(N)N)C(=O)N[C@@H](Cc1c[nH]c2ccccc12)C(=O)N[C@H]1CCCCNC(=O)[C@@H]2CCCN2C(=O)[C@H](CCCN=C(N)N)NC(=O)[C@H](C)NC(=O)[C@@H]2CCCN2C(=O)[C@H](Cc2ccccc2)NC1=O. The van der Waals surface area contributed by atoms with Gasteiger partial charge in [0.15, 0.2) is 11.9 Å². The fourth-order valence-corrected chi connectivity index (χ4v) is 10.1. The molecule has 25 nitrogen and oxygen atoms in total. The maximum absolute atomic E-state index is 14.9. The largest absolute Gasteiger partial charge is 0.370 e. The van der Waals surface area contributed by atoms with E-state index < -0.39 is 101 Å². The standard InChI is InChI=1S/C53H76N16O9/c1-31-44(71)65-39(20-11-25-60-53(56)57)50(77)68-26-12-21-42(68)48(75)58-23-9-8-18-38(46(73)67-41(28-33-14-4-3-5-15-33)51(78)69-27-13-22-43(69)49(76)62-31)64-47(74)40(29-34-30-61-36-17-7-6-16-35(34)36)66-45(72)37(63-32(2)70)19-10-24-59-52(54)55/h3-7,14-17,30-31,37-43,61H,8-13,18-29H2,1-2H3,(H,58,75)(H,62,76)(H,63,70)(H,64,74)(H,65,71)(H,66,72)(H,67,73)(H4,54,55,59)(H4,56,57,60)/t31-,37-,38-,39-,40-,41-,42-,43-/m0/s1. The lowest BCUT2D eigenvalue weighted by atomic mass is 10.0. The highest BCUT2D eigenvalue weighted by Crippen LogP contribution is 2.23. The summed E-state index contributed by atoms with van der Waals surface area (Å²) in [5, 5.41) is 20.5. The fourth-order valence-electron chi connectivity index (χ4n) is 10.1. The van der Waals surface area contributed by atoms with Crippen molar-refractivity contribution < 1.29 is 43.2 Å². The molecule has 3 saturated heterocycles. The molecule has 16 N–H and O–H groups in total. The highest BCUT2D eigenvalue weighted by molar-refractivity contribution is 5.99. The molecule has 6 rings (SSSR count). The van der Waals surface area contributed by atoms with Crippen LogP contribution in [0.15, 0.2) is 70.8 Å². The number of rotatable bonds is 17. The Labute approximate surface area is 453 Å². The van der Waals surface area contributed by atoms with Gasteiger partial charge >= 0.3 is 0 Å². The lowest BCUT2D eigenvalue weighted by Crippen LogP contribution is -2.60. The summed E-state index contributed by atoms with van der Waals surface area (Å²) in [4.78, 5) is 141. The molecule has 0 unspecified atom stereocenters. The molecule has 0 spiro atoms. The zero-order valence-corrected chi connectivity index (χ0v) is 44.4. The molecular weight excluding hydrogens is 1000 g/mol. The summed E-state index contributed by atoms with van der Waals surface area (Å²) in [5.74, 6) is -5.67. The van der Waals surface area contributed by atoms with Gasteiger partial charge in [-0.25, -0.2) is 0 Å². The Kier molecular flexibility index (Phi) is 21.8. The van der Waals surface area contributed by atoms with E-state index in [1.807, 2.05) is 24.3 Å². The quantitative estimate of drug-likeness (QED) is 0.0408. The van der Waals surface area contributed by atoms with Crippen molar-refractivity contribution in [3.05, 3.63) is 71.9 Å². The van der Waals surface area contributed by atoms with Crippen LogP contribution in [0.5, 0.6) is 0 Å². The lowest BCUT2D eigenvalue weighted by Gasteiger charge is -2.31. The first-order chi connectivity index (χ1) is 37.4. The number of benzene rings is 2. The van der Waals surface area contributed by atoms with E-state index >= 15 is 0 Å². The Balaban J connectivity index is 1.32. The number of nitrogens with zero attached hydrogens (tertiary/aromatic N) is 4. The Hall–Kier alpha value is -8.25. The number of nitrogens with one attached hydrogen (secondary N) is 8. The maximum Gasteiger partial charge on any atom is 0.246 e. The minimum absolute atomic E-state index is 0.00547. The van der Waals surface area contributed by atoms with E-state index in [-0.39, 0.29) is 89.6 Å². The predicted molar refractivity (Wildman–Crippen MR) is 291 cm³/mol. The predicted octanol–water partition coefficient (Wildman–Crippen LogP) is -1.71. The summed E-state index contributed by atoms with van der Waals surface area (Å²) in [6.45, 7) is 3.62. The van der Waals surface area contributed by atoms with Crippen LogP contribution in [-0.4, -0.2) is 161 Å². The second kappa shape index (κ2) is 28.8. The molecule has 0 radical (unpaired) electrons. The molecule has 4 heterocycles. The Morgan fingerprint density at radius 2 is 1.31 bits per heavy atom. The van der Waals surface area contributed by atoms with Gasteiger partial charge in [0.05, 0.1) is 0 Å². The fraction of sp³-hybridized carbons (Fsp3) is 0.528. The van der Waals surface area contributed by atoms with E-state index in [0.29, 0.717) is 49.7 Å². The number of para-hydroxylation sites is 1. The molecule has 3 aromatic rings. The molecule has 78 heavy (non-hydrogen) atoms. The lowest BCUT2D eigenvalue weighted by molar-refractivity contribution is -0.143. The van der Waals surface area contributed by atoms with E-state index in [0.717, 1.165) is 10.9 Å². The normalized spacial score (nSPS) is 22.6. The van der Waals surface area contributed by atoms with Gasteiger partial charge in [0.25, 0.3) is 0 Å². The molecule has 25 heteroatoms. The number of guanidine groups is 2. The number of hydrogen-bond acceptors (Lipinski definition) is 11. The van der Waals surface area contributed by atoms with Crippen molar-refractivity contribution in [3.63, 3.8) is 0 Å². The van der Waals surface area contributed by atoms with Crippen LogP contribution < -0.4 is 60.2 Å². The molecule has 1 aromatic heterocycles. The van der Waals surface area contributed by atoms with Gasteiger partial charge in [0, 0.05) is 69.6 Å². The van der Waals surface area contributed by atoms with E-state index in [2.05, 4.69) is 52.2 Å². The van der Waals surface area contributed by atoms with Gasteiger partial charge < -0.3 is 74.9 Å². The van der Waals surface area contributed by atoms with Crippen molar-refractivity contribution in [2.45, 2.75) is 146 Å². The number of aliphatic imine (C=N–C) groups is 2. The number of aromatic nitrogens is 1. The number of amides is 9. The van der Waals surface area contributed by atoms with Gasteiger partial charge in [-0.1, -0.05) is 48.5 Å². The molecule has 2 aromatic carbocycles. The first-order valence-corrected chi connectivity index (χ1v) is 26.8. The van der Waals surface area contributed by atoms with Crippen molar-refractivity contribution in [1.29, 1.82) is 0 Å². The van der Waals surface area contributed by atoms with Crippen LogP contribution >= 0.6 is 0 Å². The highest BCUT2D eigenvalue weighted by atomic mass is 16.2. The number of fused-ring (bicyclic) bond motifs is 3.